The van der Waals surface area contributed by atoms with Crippen molar-refractivity contribution in [1.82, 2.24) is 20.2 Å². The second-order valence-corrected chi connectivity index (χ2v) is 5.10. The largest absolute Gasteiger partial charge is 0.353 e. The van der Waals surface area contributed by atoms with Crippen molar-refractivity contribution in [2.24, 2.45) is 0 Å². The molecule has 5 heteroatoms. The van der Waals surface area contributed by atoms with E-state index in [1.54, 1.807) is 12.4 Å². The molecule has 1 aromatic heterocycles. The quantitative estimate of drug-likeness (QED) is 0.922. The summed E-state index contributed by atoms with van der Waals surface area (Å²) in [5.74, 6) is 0. The van der Waals surface area contributed by atoms with Crippen molar-refractivity contribution in [2.45, 2.75) is 6.17 Å². The summed E-state index contributed by atoms with van der Waals surface area (Å²) < 4.78 is 0. The molecule has 3 rings (SSSR count). The van der Waals surface area contributed by atoms with Crippen molar-refractivity contribution in [3.63, 3.8) is 0 Å². The third-order valence-corrected chi connectivity index (χ3v) is 3.72. The second-order valence-electron chi connectivity index (χ2n) is 4.67. The van der Waals surface area contributed by atoms with Gasteiger partial charge in [0.15, 0.2) is 0 Å². The molecule has 0 bridgehead atoms. The molecule has 0 fully saturated rings. The lowest BCUT2D eigenvalue weighted by Crippen LogP contribution is -2.36. The predicted octanol–water partition coefficient (Wildman–Crippen LogP) is 2.79. The maximum Gasteiger partial charge on any atom is 0.125 e. The number of hydrogen-bond acceptors (Lipinski definition) is 4. The lowest BCUT2D eigenvalue weighted by Gasteiger charge is -2.35. The van der Waals surface area contributed by atoms with E-state index in [0.717, 1.165) is 27.7 Å². The number of fused-ring (bicyclic) bond motifs is 1. The van der Waals surface area contributed by atoms with Gasteiger partial charge < -0.3 is 4.90 Å². The Morgan fingerprint density at radius 2 is 1.85 bits per heavy atom. The smallest absolute Gasteiger partial charge is 0.125 e. The van der Waals surface area contributed by atoms with Gasteiger partial charge in [0.2, 0.25) is 0 Å². The third-order valence-electron chi connectivity index (χ3n) is 3.47. The number of hydrogen-bond donors (Lipinski definition) is 1. The van der Waals surface area contributed by atoms with Gasteiger partial charge in [-0.25, -0.2) is 0 Å². The van der Waals surface area contributed by atoms with E-state index in [9.17, 15) is 0 Å². The first-order valence-corrected chi connectivity index (χ1v) is 6.77. The van der Waals surface area contributed by atoms with Crippen LogP contribution in [0.2, 0.25) is 5.02 Å². The van der Waals surface area contributed by atoms with E-state index in [4.69, 9.17) is 11.6 Å². The number of benzene rings is 1. The van der Waals surface area contributed by atoms with Crippen LogP contribution in [-0.4, -0.2) is 29.0 Å². The van der Waals surface area contributed by atoms with Gasteiger partial charge in [-0.2, -0.15) is 0 Å². The summed E-state index contributed by atoms with van der Waals surface area (Å²) in [6.45, 7) is 0. The summed E-state index contributed by atoms with van der Waals surface area (Å²) in [6, 6.07) is 7.82. The minimum atomic E-state index is 0.00868. The average Bonchev–Trinajstić information content (AvgIpc) is 2.48. The van der Waals surface area contributed by atoms with Crippen LogP contribution in [0.4, 0.5) is 0 Å². The Hall–Kier alpha value is -1.91. The molecule has 0 amide bonds. The predicted molar refractivity (Wildman–Crippen MR) is 80.9 cm³/mol. The zero-order valence-electron chi connectivity index (χ0n) is 11.3. The van der Waals surface area contributed by atoms with Crippen molar-refractivity contribution in [1.29, 1.82) is 0 Å². The maximum absolute atomic E-state index is 5.96. The first-order chi connectivity index (χ1) is 9.70. The van der Waals surface area contributed by atoms with E-state index in [1.807, 2.05) is 38.4 Å². The molecular formula is C15H15ClN4. The van der Waals surface area contributed by atoms with Crippen LogP contribution < -0.4 is 5.32 Å². The van der Waals surface area contributed by atoms with Gasteiger partial charge in [0.05, 0.1) is 5.69 Å². The van der Waals surface area contributed by atoms with Crippen LogP contribution in [0.3, 0.4) is 0 Å². The molecule has 0 aliphatic carbocycles. The molecule has 2 heterocycles. The van der Waals surface area contributed by atoms with Gasteiger partial charge in [0.1, 0.15) is 11.9 Å². The maximum atomic E-state index is 5.96. The molecule has 0 saturated carbocycles. The molecule has 4 nitrogen and oxygen atoms in total. The molecule has 102 valence electrons. The highest BCUT2D eigenvalue weighted by Crippen LogP contribution is 2.33. The van der Waals surface area contributed by atoms with E-state index in [-0.39, 0.29) is 6.17 Å². The molecule has 2 aromatic rings. The Morgan fingerprint density at radius 3 is 2.55 bits per heavy atom. The van der Waals surface area contributed by atoms with Gasteiger partial charge in [-0.15, -0.1) is 0 Å². The molecule has 1 aliphatic heterocycles. The molecule has 1 unspecified atom stereocenters. The van der Waals surface area contributed by atoms with Gasteiger partial charge >= 0.3 is 0 Å². The van der Waals surface area contributed by atoms with Gasteiger partial charge in [0.25, 0.3) is 0 Å². The average molecular weight is 287 g/mol. The Labute approximate surface area is 123 Å². The summed E-state index contributed by atoms with van der Waals surface area (Å²) in [4.78, 5) is 11.0. The summed E-state index contributed by atoms with van der Waals surface area (Å²) in [5.41, 5.74) is 4.03. The standard InChI is InChI=1S/C15H15ClN4/c1-17-15-14-12(18-7-8-19-14)9-13(20(15)2)10-3-5-11(16)6-4-10/h3-9,15,17H,1-2H3. The zero-order valence-corrected chi connectivity index (χ0v) is 12.1. The normalized spacial score (nSPS) is 17.6. The first kappa shape index (κ1) is 13.1. The zero-order chi connectivity index (χ0) is 14.1. The first-order valence-electron chi connectivity index (χ1n) is 6.39. The summed E-state index contributed by atoms with van der Waals surface area (Å²) in [5, 5.41) is 4.01. The van der Waals surface area contributed by atoms with Crippen LogP contribution in [0.5, 0.6) is 0 Å². The second kappa shape index (κ2) is 5.23. The van der Waals surface area contributed by atoms with E-state index < -0.39 is 0 Å². The van der Waals surface area contributed by atoms with Crippen molar-refractivity contribution < 1.29 is 0 Å². The number of aromatic nitrogens is 2. The number of halogens is 1. The van der Waals surface area contributed by atoms with Crippen LogP contribution in [-0.2, 0) is 0 Å². The van der Waals surface area contributed by atoms with E-state index in [2.05, 4.69) is 26.3 Å². The molecule has 0 spiro atoms. The van der Waals surface area contributed by atoms with Crippen LogP contribution in [0.15, 0.2) is 36.7 Å². The molecule has 1 N–H and O–H groups in total. The Morgan fingerprint density at radius 1 is 1.15 bits per heavy atom. The fraction of sp³-hybridized carbons (Fsp3) is 0.200. The van der Waals surface area contributed by atoms with E-state index in [1.165, 1.54) is 0 Å². The van der Waals surface area contributed by atoms with Crippen molar-refractivity contribution in [2.75, 3.05) is 14.1 Å². The molecule has 1 aromatic carbocycles. The lowest BCUT2D eigenvalue weighted by atomic mass is 10.0. The minimum Gasteiger partial charge on any atom is -0.353 e. The van der Waals surface area contributed by atoms with E-state index in [0.29, 0.717) is 0 Å². The number of nitrogens with zero attached hydrogens (tertiary/aromatic N) is 3. The van der Waals surface area contributed by atoms with Crippen molar-refractivity contribution >= 4 is 23.4 Å². The summed E-state index contributed by atoms with van der Waals surface area (Å²) in [6.07, 6.45) is 5.50. The SMILES string of the molecule is CNC1c2nccnc2C=C(c2ccc(Cl)cc2)N1C. The van der Waals surface area contributed by atoms with Crippen LogP contribution in [0.1, 0.15) is 23.1 Å². The molecule has 0 radical (unpaired) electrons. The Balaban J connectivity index is 2.11. The van der Waals surface area contributed by atoms with Crippen LogP contribution in [0, 0.1) is 0 Å². The summed E-state index contributed by atoms with van der Waals surface area (Å²) >= 11 is 5.96. The fourth-order valence-corrected chi connectivity index (χ4v) is 2.60. The summed E-state index contributed by atoms with van der Waals surface area (Å²) in [7, 11) is 3.96. The fourth-order valence-electron chi connectivity index (χ4n) is 2.47. The van der Waals surface area contributed by atoms with Gasteiger partial charge in [-0.05, 0) is 30.8 Å². The monoisotopic (exact) mass is 286 g/mol. The van der Waals surface area contributed by atoms with Gasteiger partial charge in [0, 0.05) is 30.2 Å². The highest BCUT2D eigenvalue weighted by Gasteiger charge is 2.27. The highest BCUT2D eigenvalue weighted by molar-refractivity contribution is 6.30. The van der Waals surface area contributed by atoms with Gasteiger partial charge in [-0.1, -0.05) is 23.7 Å². The van der Waals surface area contributed by atoms with Gasteiger partial charge in [-0.3, -0.25) is 15.3 Å². The van der Waals surface area contributed by atoms with Crippen molar-refractivity contribution in [3.8, 4) is 0 Å². The lowest BCUT2D eigenvalue weighted by molar-refractivity contribution is 0.303. The topological polar surface area (TPSA) is 41.1 Å². The molecule has 1 aliphatic rings. The van der Waals surface area contributed by atoms with E-state index >= 15 is 0 Å². The molecule has 1 atom stereocenters. The Bertz CT molecular complexity index is 651. The molecule has 0 saturated heterocycles. The third kappa shape index (κ3) is 2.17. The van der Waals surface area contributed by atoms with Crippen LogP contribution in [0.25, 0.3) is 11.8 Å². The molecular weight excluding hydrogens is 272 g/mol. The highest BCUT2D eigenvalue weighted by atomic mass is 35.5. The Kier molecular flexibility index (Phi) is 3.42. The number of nitrogens with one attached hydrogen (secondary N) is 1. The van der Waals surface area contributed by atoms with Crippen LogP contribution >= 0.6 is 11.6 Å². The van der Waals surface area contributed by atoms with Crippen molar-refractivity contribution in [3.05, 3.63) is 58.6 Å². The number of rotatable bonds is 2. The molecule has 20 heavy (non-hydrogen) atoms. The minimum absolute atomic E-state index is 0.00868.